The largest absolute Gasteiger partial charge is 1.00 e. The third kappa shape index (κ3) is 30.5. The molecule has 0 aromatic heterocycles. The molecule has 0 amide bonds. The molecule has 0 heterocycles. The van der Waals surface area contributed by atoms with E-state index in [2.05, 4.69) is 82.5 Å². The van der Waals surface area contributed by atoms with Crippen LogP contribution in [0.15, 0.2) is 0 Å². The molecule has 8 nitrogen and oxygen atoms in total. The number of ether oxygens (including phenoxy) is 2. The zero-order chi connectivity index (χ0) is 26.2. The molecule has 0 saturated heterocycles. The van der Waals surface area contributed by atoms with Crippen LogP contribution in [0.5, 0.6) is 0 Å². The van der Waals surface area contributed by atoms with Crippen molar-refractivity contribution in [3.05, 3.63) is 0 Å². The number of hydrogen-bond donors (Lipinski definition) is 0. The van der Waals surface area contributed by atoms with Crippen LogP contribution in [0.3, 0.4) is 0 Å². The average molecular weight is 542 g/mol. The molecule has 0 spiro atoms. The second kappa shape index (κ2) is 27.4. The first kappa shape index (κ1) is 39.9. The minimum Gasteiger partial charge on any atom is -0.790 e. The molecule has 0 rings (SSSR count). The van der Waals surface area contributed by atoms with Gasteiger partial charge in [-0.2, -0.15) is 0 Å². The summed E-state index contributed by atoms with van der Waals surface area (Å²) in [5.74, 6) is 27.0. The fourth-order valence-electron chi connectivity index (χ4n) is 2.18. The second-order valence-corrected chi connectivity index (χ2v) is 7.75. The van der Waals surface area contributed by atoms with Gasteiger partial charge in [0.1, 0.15) is 6.61 Å². The summed E-state index contributed by atoms with van der Waals surface area (Å²) in [5, 5.41) is 0. The van der Waals surface area contributed by atoms with Crippen LogP contribution in [-0.4, -0.2) is 31.3 Å². The Morgan fingerprint density at radius 1 is 0.784 bits per heavy atom. The van der Waals surface area contributed by atoms with Gasteiger partial charge >= 0.3 is 71.1 Å². The number of esters is 2. The van der Waals surface area contributed by atoms with Crippen molar-refractivity contribution in [1.82, 2.24) is 0 Å². The molecule has 0 saturated carbocycles. The van der Waals surface area contributed by atoms with Gasteiger partial charge in [-0.3, -0.25) is 4.79 Å². The first-order valence-electron chi connectivity index (χ1n) is 10.7. The molecule has 0 aromatic carbocycles. The predicted octanol–water partition coefficient (Wildman–Crippen LogP) is -4.91. The number of rotatable bonds is 13. The van der Waals surface area contributed by atoms with Crippen LogP contribution in [-0.2, 0) is 28.2 Å². The van der Waals surface area contributed by atoms with Crippen molar-refractivity contribution in [2.75, 3.05) is 13.2 Å². The third-order valence-electron chi connectivity index (χ3n) is 3.70. The summed E-state index contributed by atoms with van der Waals surface area (Å²) in [7, 11) is -5.30. The molecule has 37 heavy (non-hydrogen) atoms. The summed E-state index contributed by atoms with van der Waals surface area (Å²) in [6.07, 6.45) is 4.56. The van der Waals surface area contributed by atoms with E-state index >= 15 is 0 Å². The van der Waals surface area contributed by atoms with Gasteiger partial charge in [-0.05, 0) is 72.5 Å². The van der Waals surface area contributed by atoms with Crippen LogP contribution in [0.1, 0.15) is 58.8 Å². The molecule has 0 aliphatic heterocycles. The first-order chi connectivity index (χ1) is 16.8. The van der Waals surface area contributed by atoms with Gasteiger partial charge in [-0.15, -0.1) is 0 Å². The summed E-state index contributed by atoms with van der Waals surface area (Å²) in [6, 6.07) is 0. The SMILES string of the molecule is CC#CC#CC#CC#CC#CC#CC(=O)OC[C@@H](COP(=O)([O-])[O-])OC(=O)CCCCCCCC.[Na+].[Na+]. The molecule has 0 bridgehead atoms. The Morgan fingerprint density at radius 3 is 1.84 bits per heavy atom. The Bertz CT molecular complexity index is 1120. The molecule has 184 valence electrons. The fourth-order valence-corrected chi connectivity index (χ4v) is 2.53. The standard InChI is InChI=1S/C26H27O8P.2Na/c1-3-5-7-9-11-12-13-14-15-17-18-20-25(27)32-22-24(23-33-35(29,30)31)34-26(28)21-19-16-10-8-6-4-2;;/h24H,4,6,8,10,16,19,21-23H2,1-2H3,(H2,29,30,31);;/q;2*+1/p-2/t24-;;/m0../s1. The smallest absolute Gasteiger partial charge is 0.790 e. The van der Waals surface area contributed by atoms with Crippen molar-refractivity contribution in [3.8, 4) is 71.0 Å². The first-order valence-corrected chi connectivity index (χ1v) is 12.2. The Labute approximate surface area is 263 Å². The molecular weight excluding hydrogens is 517 g/mol. The number of phosphoric acid groups is 1. The van der Waals surface area contributed by atoms with Gasteiger partial charge in [0.2, 0.25) is 0 Å². The summed E-state index contributed by atoms with van der Waals surface area (Å²) < 4.78 is 24.7. The third-order valence-corrected chi connectivity index (χ3v) is 4.17. The van der Waals surface area contributed by atoms with Crippen molar-refractivity contribution in [3.63, 3.8) is 0 Å². The van der Waals surface area contributed by atoms with E-state index in [4.69, 9.17) is 9.47 Å². The zero-order valence-electron chi connectivity index (χ0n) is 21.7. The van der Waals surface area contributed by atoms with Gasteiger partial charge in [0.05, 0.1) is 14.4 Å². The molecule has 0 N–H and O–H groups in total. The average Bonchev–Trinajstić information content (AvgIpc) is 2.81. The van der Waals surface area contributed by atoms with E-state index in [-0.39, 0.29) is 65.5 Å². The topological polar surface area (TPSA) is 125 Å². The van der Waals surface area contributed by atoms with Crippen LogP contribution < -0.4 is 68.9 Å². The molecule has 0 aromatic rings. The van der Waals surface area contributed by atoms with E-state index in [1.54, 1.807) is 6.92 Å². The zero-order valence-corrected chi connectivity index (χ0v) is 26.5. The van der Waals surface area contributed by atoms with Crippen LogP contribution in [0.25, 0.3) is 0 Å². The quantitative estimate of drug-likeness (QED) is 0.0567. The van der Waals surface area contributed by atoms with Gasteiger partial charge in [0.15, 0.2) is 6.10 Å². The molecule has 0 fully saturated rings. The number of unbranched alkanes of at least 4 members (excludes halogenated alkanes) is 5. The minimum atomic E-state index is -5.30. The number of hydrogen-bond acceptors (Lipinski definition) is 8. The van der Waals surface area contributed by atoms with Crippen molar-refractivity contribution in [2.45, 2.75) is 64.9 Å². The molecule has 0 aliphatic carbocycles. The van der Waals surface area contributed by atoms with Crippen LogP contribution in [0.2, 0.25) is 0 Å². The predicted molar refractivity (Wildman–Crippen MR) is 125 cm³/mol. The van der Waals surface area contributed by atoms with E-state index in [0.717, 1.165) is 32.1 Å². The van der Waals surface area contributed by atoms with E-state index < -0.39 is 39.1 Å². The van der Waals surface area contributed by atoms with Gasteiger partial charge in [0.25, 0.3) is 0 Å². The maximum Gasteiger partial charge on any atom is 1.00 e. The number of carbonyl (C=O) groups is 2. The van der Waals surface area contributed by atoms with Crippen molar-refractivity contribution in [2.24, 2.45) is 0 Å². The minimum absolute atomic E-state index is 0. The number of phosphoric ester groups is 1. The van der Waals surface area contributed by atoms with Gasteiger partial charge in [0, 0.05) is 12.3 Å². The summed E-state index contributed by atoms with van der Waals surface area (Å²) in [6.45, 7) is 2.42. The van der Waals surface area contributed by atoms with Crippen LogP contribution in [0, 0.1) is 71.0 Å². The van der Waals surface area contributed by atoms with E-state index in [1.165, 1.54) is 0 Å². The Kier molecular flexibility index (Phi) is 29.6. The van der Waals surface area contributed by atoms with E-state index in [0.29, 0.717) is 6.42 Å². The van der Waals surface area contributed by atoms with Crippen LogP contribution >= 0.6 is 7.82 Å². The monoisotopic (exact) mass is 542 g/mol. The maximum absolute atomic E-state index is 12.0. The van der Waals surface area contributed by atoms with Gasteiger partial charge in [-0.1, -0.05) is 44.9 Å². The van der Waals surface area contributed by atoms with Crippen molar-refractivity contribution < 1.29 is 97.1 Å². The summed E-state index contributed by atoms with van der Waals surface area (Å²) in [4.78, 5) is 45.1. The second-order valence-electron chi connectivity index (χ2n) is 6.60. The maximum atomic E-state index is 12.0. The normalized spacial score (nSPS) is 9.19. The van der Waals surface area contributed by atoms with Crippen molar-refractivity contribution in [1.29, 1.82) is 0 Å². The van der Waals surface area contributed by atoms with Crippen LogP contribution in [0.4, 0.5) is 0 Å². The molecule has 1 atom stereocenters. The fraction of sp³-hybridized carbons (Fsp3) is 0.462. The Balaban J connectivity index is -0.00000578. The van der Waals surface area contributed by atoms with Gasteiger partial charge in [-0.25, -0.2) is 4.79 Å². The molecule has 11 heteroatoms. The molecule has 0 radical (unpaired) electrons. The summed E-state index contributed by atoms with van der Waals surface area (Å²) in [5.41, 5.74) is 0. The summed E-state index contributed by atoms with van der Waals surface area (Å²) >= 11 is 0. The van der Waals surface area contributed by atoms with E-state index in [9.17, 15) is 23.9 Å². The Hall–Kier alpha value is -1.59. The van der Waals surface area contributed by atoms with E-state index in [1.807, 2.05) is 0 Å². The molecule has 0 unspecified atom stereocenters. The van der Waals surface area contributed by atoms with Gasteiger partial charge < -0.3 is 28.3 Å². The molecular formula is C26H25Na2O8P. The van der Waals surface area contributed by atoms with Crippen molar-refractivity contribution >= 4 is 19.8 Å². The number of carbonyl (C=O) groups excluding carboxylic acids is 2. The Morgan fingerprint density at radius 2 is 1.30 bits per heavy atom. The molecule has 0 aliphatic rings.